The Morgan fingerprint density at radius 3 is 2.30 bits per heavy atom. The third-order valence-corrected chi connectivity index (χ3v) is 7.49. The van der Waals surface area contributed by atoms with Crippen molar-refractivity contribution in [3.8, 4) is 5.75 Å². The molecule has 2 amide bonds. The third-order valence-electron chi connectivity index (χ3n) is 5.44. The Bertz CT molecular complexity index is 831. The number of carbonyl (C=O) groups is 2. The molecule has 0 spiro atoms. The summed E-state index contributed by atoms with van der Waals surface area (Å²) in [4.78, 5) is 24.9. The van der Waals surface area contributed by atoms with Crippen LogP contribution in [0.2, 0.25) is 0 Å². The van der Waals surface area contributed by atoms with Crippen molar-refractivity contribution in [2.24, 2.45) is 5.92 Å². The highest BCUT2D eigenvalue weighted by molar-refractivity contribution is 7.89. The van der Waals surface area contributed by atoms with E-state index in [0.29, 0.717) is 19.6 Å². The molecule has 0 radical (unpaired) electrons. The van der Waals surface area contributed by atoms with E-state index in [9.17, 15) is 18.0 Å². The van der Waals surface area contributed by atoms with Crippen molar-refractivity contribution in [1.82, 2.24) is 14.9 Å². The lowest BCUT2D eigenvalue weighted by molar-refractivity contribution is -0.125. The molecular weight excluding hydrogens is 406 g/mol. The number of nitrogens with zero attached hydrogens (tertiary/aromatic N) is 1. The lowest BCUT2D eigenvalue weighted by Crippen LogP contribution is -2.38. The summed E-state index contributed by atoms with van der Waals surface area (Å²) in [6, 6.07) is 4.26. The van der Waals surface area contributed by atoms with Crippen LogP contribution in [0.15, 0.2) is 23.1 Å². The number of sulfonamides is 1. The van der Waals surface area contributed by atoms with Crippen molar-refractivity contribution in [1.29, 1.82) is 0 Å². The summed E-state index contributed by atoms with van der Waals surface area (Å²) in [5, 5.41) is 5.59. The van der Waals surface area contributed by atoms with E-state index in [0.717, 1.165) is 25.7 Å². The second kappa shape index (κ2) is 11.3. The predicted molar refractivity (Wildman–Crippen MR) is 115 cm³/mol. The van der Waals surface area contributed by atoms with Crippen molar-refractivity contribution < 1.29 is 22.7 Å². The molecule has 0 aliphatic heterocycles. The lowest BCUT2D eigenvalue weighted by atomic mass is 9.89. The highest BCUT2D eigenvalue weighted by atomic mass is 32.2. The number of nitrogens with one attached hydrogen (secondary N) is 2. The van der Waals surface area contributed by atoms with Gasteiger partial charge in [0.1, 0.15) is 5.75 Å². The first-order chi connectivity index (χ1) is 14.3. The Balaban J connectivity index is 2.01. The van der Waals surface area contributed by atoms with Crippen LogP contribution in [0.3, 0.4) is 0 Å². The maximum absolute atomic E-state index is 12.8. The molecule has 1 aliphatic carbocycles. The fourth-order valence-electron chi connectivity index (χ4n) is 3.70. The SMILES string of the molecule is CCN(CC)S(=O)(=O)c1ccc(OC)c(C(=O)NCCNC(=O)C2CCCCC2)c1. The number of benzene rings is 1. The summed E-state index contributed by atoms with van der Waals surface area (Å²) in [6.45, 7) is 4.77. The average molecular weight is 440 g/mol. The number of ether oxygens (including phenoxy) is 1. The van der Waals surface area contributed by atoms with Gasteiger partial charge in [-0.3, -0.25) is 9.59 Å². The first-order valence-corrected chi connectivity index (χ1v) is 12.0. The van der Waals surface area contributed by atoms with E-state index in [2.05, 4.69) is 10.6 Å². The lowest BCUT2D eigenvalue weighted by Gasteiger charge is -2.21. The van der Waals surface area contributed by atoms with Crippen LogP contribution in [0.5, 0.6) is 5.75 Å². The van der Waals surface area contributed by atoms with E-state index in [1.54, 1.807) is 13.8 Å². The predicted octanol–water partition coefficient (Wildman–Crippen LogP) is 2.15. The van der Waals surface area contributed by atoms with Gasteiger partial charge in [-0.05, 0) is 31.0 Å². The molecule has 0 bridgehead atoms. The van der Waals surface area contributed by atoms with Gasteiger partial charge in [-0.1, -0.05) is 33.1 Å². The van der Waals surface area contributed by atoms with Crippen molar-refractivity contribution in [2.45, 2.75) is 50.8 Å². The smallest absolute Gasteiger partial charge is 0.255 e. The van der Waals surface area contributed by atoms with Gasteiger partial charge in [-0.25, -0.2) is 8.42 Å². The van der Waals surface area contributed by atoms with Crippen LogP contribution < -0.4 is 15.4 Å². The summed E-state index contributed by atoms with van der Waals surface area (Å²) in [5.74, 6) is -0.0574. The van der Waals surface area contributed by atoms with Crippen molar-refractivity contribution in [2.75, 3.05) is 33.3 Å². The minimum atomic E-state index is -3.69. The van der Waals surface area contributed by atoms with Crippen LogP contribution in [0.4, 0.5) is 0 Å². The summed E-state index contributed by atoms with van der Waals surface area (Å²) in [6.07, 6.45) is 5.19. The third kappa shape index (κ3) is 5.95. The largest absolute Gasteiger partial charge is 0.496 e. The van der Waals surface area contributed by atoms with E-state index in [4.69, 9.17) is 4.74 Å². The van der Waals surface area contributed by atoms with E-state index >= 15 is 0 Å². The number of amides is 2. The second-order valence-corrected chi connectivity index (χ2v) is 9.27. The molecule has 2 N–H and O–H groups in total. The zero-order valence-corrected chi connectivity index (χ0v) is 18.9. The Hall–Kier alpha value is -2.13. The minimum absolute atomic E-state index is 0.0360. The van der Waals surface area contributed by atoms with Crippen LogP contribution >= 0.6 is 0 Å². The monoisotopic (exact) mass is 439 g/mol. The molecule has 1 fully saturated rings. The molecule has 1 aliphatic rings. The summed E-state index contributed by atoms with van der Waals surface area (Å²) < 4.78 is 32.1. The van der Waals surface area contributed by atoms with Crippen molar-refractivity contribution >= 4 is 21.8 Å². The molecule has 2 rings (SSSR count). The van der Waals surface area contributed by atoms with Gasteiger partial charge in [-0.2, -0.15) is 4.31 Å². The van der Waals surface area contributed by atoms with E-state index in [-0.39, 0.29) is 34.6 Å². The molecule has 0 heterocycles. The zero-order valence-electron chi connectivity index (χ0n) is 18.1. The maximum atomic E-state index is 12.8. The van der Waals surface area contributed by atoms with Gasteiger partial charge in [-0.15, -0.1) is 0 Å². The van der Waals surface area contributed by atoms with Crippen LogP contribution in [0.1, 0.15) is 56.3 Å². The van der Waals surface area contributed by atoms with Gasteiger partial charge in [0, 0.05) is 32.1 Å². The van der Waals surface area contributed by atoms with Gasteiger partial charge in [0.25, 0.3) is 5.91 Å². The topological polar surface area (TPSA) is 105 Å². The molecule has 0 aromatic heterocycles. The zero-order chi connectivity index (χ0) is 22.1. The molecule has 8 nitrogen and oxygen atoms in total. The van der Waals surface area contributed by atoms with Gasteiger partial charge >= 0.3 is 0 Å². The quantitative estimate of drug-likeness (QED) is 0.544. The molecule has 9 heteroatoms. The number of methoxy groups -OCH3 is 1. The Morgan fingerprint density at radius 1 is 1.07 bits per heavy atom. The Kier molecular flexibility index (Phi) is 9.10. The van der Waals surface area contributed by atoms with E-state index in [1.807, 2.05) is 0 Å². The maximum Gasteiger partial charge on any atom is 0.255 e. The summed E-state index contributed by atoms with van der Waals surface area (Å²) >= 11 is 0. The summed E-state index contributed by atoms with van der Waals surface area (Å²) in [5.41, 5.74) is 0.143. The van der Waals surface area contributed by atoms with Gasteiger partial charge in [0.05, 0.1) is 17.6 Å². The molecule has 1 aromatic rings. The first-order valence-electron chi connectivity index (χ1n) is 10.6. The highest BCUT2D eigenvalue weighted by Gasteiger charge is 2.24. The van der Waals surface area contributed by atoms with Crippen molar-refractivity contribution in [3.05, 3.63) is 23.8 Å². The minimum Gasteiger partial charge on any atom is -0.496 e. The van der Waals surface area contributed by atoms with Crippen LogP contribution in [0, 0.1) is 5.92 Å². The van der Waals surface area contributed by atoms with Crippen LogP contribution in [-0.4, -0.2) is 57.8 Å². The van der Waals surface area contributed by atoms with Crippen LogP contribution in [-0.2, 0) is 14.8 Å². The average Bonchev–Trinajstić information content (AvgIpc) is 2.77. The molecule has 1 saturated carbocycles. The van der Waals surface area contributed by atoms with E-state index in [1.165, 1.54) is 36.0 Å². The Morgan fingerprint density at radius 2 is 1.70 bits per heavy atom. The van der Waals surface area contributed by atoms with Crippen molar-refractivity contribution in [3.63, 3.8) is 0 Å². The van der Waals surface area contributed by atoms with Gasteiger partial charge < -0.3 is 15.4 Å². The Labute approximate surface area is 179 Å². The number of hydrogen-bond acceptors (Lipinski definition) is 5. The van der Waals surface area contributed by atoms with Crippen LogP contribution in [0.25, 0.3) is 0 Å². The second-order valence-electron chi connectivity index (χ2n) is 7.33. The first kappa shape index (κ1) is 24.1. The van der Waals surface area contributed by atoms with E-state index < -0.39 is 15.9 Å². The summed E-state index contributed by atoms with van der Waals surface area (Å²) in [7, 11) is -2.26. The van der Waals surface area contributed by atoms with Gasteiger partial charge in [0.2, 0.25) is 15.9 Å². The molecule has 168 valence electrons. The standard InChI is InChI=1S/C21H33N3O5S/c1-4-24(5-2)30(27,28)17-11-12-19(29-3)18(15-17)21(26)23-14-13-22-20(25)16-9-7-6-8-10-16/h11-12,15-16H,4-10,13-14H2,1-3H3,(H,22,25)(H,23,26). The fraction of sp³-hybridized carbons (Fsp3) is 0.619. The molecule has 30 heavy (non-hydrogen) atoms. The molecule has 1 aromatic carbocycles. The van der Waals surface area contributed by atoms with Gasteiger partial charge in [0.15, 0.2) is 0 Å². The number of carbonyl (C=O) groups excluding carboxylic acids is 2. The fourth-order valence-corrected chi connectivity index (χ4v) is 5.19. The normalized spacial score (nSPS) is 15.1. The number of hydrogen-bond donors (Lipinski definition) is 2. The molecule has 0 atom stereocenters. The molecule has 0 unspecified atom stereocenters. The molecule has 0 saturated heterocycles. The molecular formula is C21H33N3O5S. The number of rotatable bonds is 10. The highest BCUT2D eigenvalue weighted by Crippen LogP contribution is 2.25.